The number of benzene rings is 1. The maximum atomic E-state index is 4.16. The summed E-state index contributed by atoms with van der Waals surface area (Å²) in [5.74, 6) is 0.873. The highest BCUT2D eigenvalue weighted by atomic mass is 15.0. The van der Waals surface area contributed by atoms with Crippen molar-refractivity contribution in [1.29, 1.82) is 0 Å². The first kappa shape index (κ1) is 10.5. The summed E-state index contributed by atoms with van der Waals surface area (Å²) in [4.78, 5) is 4.16. The van der Waals surface area contributed by atoms with E-state index in [0.717, 1.165) is 18.1 Å². The van der Waals surface area contributed by atoms with E-state index in [9.17, 15) is 0 Å². The zero-order valence-corrected chi connectivity index (χ0v) is 9.27. The van der Waals surface area contributed by atoms with Crippen LogP contribution in [0.3, 0.4) is 0 Å². The van der Waals surface area contributed by atoms with Crippen LogP contribution in [-0.4, -0.2) is 12.0 Å². The molecular weight excluding hydrogens is 198 g/mol. The second-order valence-corrected chi connectivity index (χ2v) is 3.52. The third-order valence-electron chi connectivity index (χ3n) is 2.36. The van der Waals surface area contributed by atoms with Crippen LogP contribution in [0.1, 0.15) is 5.56 Å². The van der Waals surface area contributed by atoms with Crippen molar-refractivity contribution in [2.45, 2.75) is 6.54 Å². The summed E-state index contributed by atoms with van der Waals surface area (Å²) in [5.41, 5.74) is 2.34. The molecule has 1 aromatic carbocycles. The van der Waals surface area contributed by atoms with Crippen molar-refractivity contribution in [1.82, 2.24) is 4.98 Å². The normalized spacial score (nSPS) is 9.81. The molecule has 1 heterocycles. The van der Waals surface area contributed by atoms with Gasteiger partial charge in [0.1, 0.15) is 5.82 Å². The molecule has 2 aromatic rings. The number of anilines is 2. The Labute approximate surface area is 95.5 Å². The van der Waals surface area contributed by atoms with Gasteiger partial charge in [-0.05, 0) is 11.6 Å². The molecule has 82 valence electrons. The topological polar surface area (TPSA) is 37.0 Å². The van der Waals surface area contributed by atoms with Gasteiger partial charge < -0.3 is 10.6 Å². The maximum Gasteiger partial charge on any atom is 0.127 e. The molecule has 0 saturated carbocycles. The fraction of sp³-hybridized carbons (Fsp3) is 0.154. The zero-order chi connectivity index (χ0) is 11.2. The van der Waals surface area contributed by atoms with Gasteiger partial charge in [0.05, 0.1) is 0 Å². The van der Waals surface area contributed by atoms with E-state index in [1.54, 1.807) is 6.20 Å². The van der Waals surface area contributed by atoms with E-state index in [0.29, 0.717) is 0 Å². The van der Waals surface area contributed by atoms with Gasteiger partial charge in [0.15, 0.2) is 0 Å². The lowest BCUT2D eigenvalue weighted by molar-refractivity contribution is 1.14. The molecular formula is C13H15N3. The van der Waals surface area contributed by atoms with Crippen LogP contribution in [0.2, 0.25) is 0 Å². The summed E-state index contributed by atoms with van der Waals surface area (Å²) in [7, 11) is 1.86. The summed E-state index contributed by atoms with van der Waals surface area (Å²) in [6.07, 6.45) is 1.79. The predicted molar refractivity (Wildman–Crippen MR) is 67.6 cm³/mol. The number of aromatic nitrogens is 1. The lowest BCUT2D eigenvalue weighted by Gasteiger charge is -2.07. The molecule has 0 fully saturated rings. The smallest absolute Gasteiger partial charge is 0.127 e. The highest BCUT2D eigenvalue weighted by Crippen LogP contribution is 2.12. The quantitative estimate of drug-likeness (QED) is 0.820. The van der Waals surface area contributed by atoms with Crippen molar-refractivity contribution in [3.05, 3.63) is 54.2 Å². The third-order valence-corrected chi connectivity index (χ3v) is 2.36. The van der Waals surface area contributed by atoms with Crippen LogP contribution in [0.25, 0.3) is 0 Å². The molecule has 0 aliphatic carbocycles. The molecule has 0 bridgehead atoms. The van der Waals surface area contributed by atoms with E-state index in [-0.39, 0.29) is 0 Å². The van der Waals surface area contributed by atoms with Gasteiger partial charge in [-0.25, -0.2) is 4.98 Å². The maximum absolute atomic E-state index is 4.16. The van der Waals surface area contributed by atoms with Crippen molar-refractivity contribution in [2.75, 3.05) is 17.7 Å². The zero-order valence-electron chi connectivity index (χ0n) is 9.27. The molecule has 0 unspecified atom stereocenters. The van der Waals surface area contributed by atoms with Gasteiger partial charge in [-0.1, -0.05) is 30.3 Å². The standard InChI is InChI=1S/C13H15N3/c1-14-13-9-12(7-8-15-13)16-10-11-5-3-2-4-6-11/h2-9H,10H2,1H3,(H2,14,15,16). The Morgan fingerprint density at radius 1 is 1.12 bits per heavy atom. The van der Waals surface area contributed by atoms with E-state index in [4.69, 9.17) is 0 Å². The molecule has 3 nitrogen and oxygen atoms in total. The molecule has 0 amide bonds. The van der Waals surface area contributed by atoms with Crippen LogP contribution in [0.4, 0.5) is 11.5 Å². The monoisotopic (exact) mass is 213 g/mol. The van der Waals surface area contributed by atoms with Crippen LogP contribution in [0.15, 0.2) is 48.7 Å². The van der Waals surface area contributed by atoms with Crippen LogP contribution >= 0.6 is 0 Å². The first-order valence-electron chi connectivity index (χ1n) is 5.30. The third kappa shape index (κ3) is 2.73. The summed E-state index contributed by atoms with van der Waals surface area (Å²) in [5, 5.41) is 6.37. The number of nitrogens with zero attached hydrogens (tertiary/aromatic N) is 1. The molecule has 0 saturated heterocycles. The van der Waals surface area contributed by atoms with Crippen LogP contribution < -0.4 is 10.6 Å². The Kier molecular flexibility index (Phi) is 3.38. The molecule has 2 rings (SSSR count). The van der Waals surface area contributed by atoms with E-state index in [1.165, 1.54) is 5.56 Å². The Balaban J connectivity index is 1.99. The van der Waals surface area contributed by atoms with E-state index < -0.39 is 0 Å². The van der Waals surface area contributed by atoms with E-state index in [1.807, 2.05) is 37.4 Å². The lowest BCUT2D eigenvalue weighted by Crippen LogP contribution is -2.00. The predicted octanol–water partition coefficient (Wildman–Crippen LogP) is 2.74. The number of hydrogen-bond donors (Lipinski definition) is 2. The summed E-state index contributed by atoms with van der Waals surface area (Å²) in [6.45, 7) is 0.827. The van der Waals surface area contributed by atoms with Crippen molar-refractivity contribution < 1.29 is 0 Å². The van der Waals surface area contributed by atoms with Gasteiger partial charge in [-0.2, -0.15) is 0 Å². The van der Waals surface area contributed by atoms with Gasteiger partial charge in [-0.3, -0.25) is 0 Å². The molecule has 0 atom stereocenters. The van der Waals surface area contributed by atoms with Gasteiger partial charge in [0, 0.05) is 31.5 Å². The molecule has 2 N–H and O–H groups in total. The summed E-state index contributed by atoms with van der Waals surface area (Å²) >= 11 is 0. The van der Waals surface area contributed by atoms with Gasteiger partial charge >= 0.3 is 0 Å². The van der Waals surface area contributed by atoms with Crippen molar-refractivity contribution in [2.24, 2.45) is 0 Å². The Bertz CT molecular complexity index is 440. The average molecular weight is 213 g/mol. The lowest BCUT2D eigenvalue weighted by atomic mass is 10.2. The fourth-order valence-corrected chi connectivity index (χ4v) is 1.48. The second-order valence-electron chi connectivity index (χ2n) is 3.52. The average Bonchev–Trinajstić information content (AvgIpc) is 2.38. The van der Waals surface area contributed by atoms with Crippen molar-refractivity contribution in [3.63, 3.8) is 0 Å². The van der Waals surface area contributed by atoms with Crippen molar-refractivity contribution >= 4 is 11.5 Å². The Morgan fingerprint density at radius 3 is 2.69 bits per heavy atom. The SMILES string of the molecule is CNc1cc(NCc2ccccc2)ccn1. The molecule has 0 aliphatic heterocycles. The molecule has 0 radical (unpaired) electrons. The molecule has 16 heavy (non-hydrogen) atoms. The van der Waals surface area contributed by atoms with Crippen LogP contribution in [0, 0.1) is 0 Å². The number of rotatable bonds is 4. The highest BCUT2D eigenvalue weighted by molar-refractivity contribution is 5.51. The van der Waals surface area contributed by atoms with Gasteiger partial charge in [0.25, 0.3) is 0 Å². The number of nitrogens with one attached hydrogen (secondary N) is 2. The van der Waals surface area contributed by atoms with Crippen LogP contribution in [0.5, 0.6) is 0 Å². The van der Waals surface area contributed by atoms with Gasteiger partial charge in [0.2, 0.25) is 0 Å². The Morgan fingerprint density at radius 2 is 1.94 bits per heavy atom. The van der Waals surface area contributed by atoms with Crippen LogP contribution in [-0.2, 0) is 6.54 Å². The molecule has 0 spiro atoms. The van der Waals surface area contributed by atoms with Crippen molar-refractivity contribution in [3.8, 4) is 0 Å². The summed E-state index contributed by atoms with van der Waals surface area (Å²) in [6, 6.07) is 14.3. The minimum atomic E-state index is 0.827. The first-order valence-corrected chi connectivity index (χ1v) is 5.30. The first-order chi connectivity index (χ1) is 7.88. The Hall–Kier alpha value is -2.03. The number of hydrogen-bond acceptors (Lipinski definition) is 3. The fourth-order valence-electron chi connectivity index (χ4n) is 1.48. The highest BCUT2D eigenvalue weighted by Gasteiger charge is 1.95. The number of pyridine rings is 1. The summed E-state index contributed by atoms with van der Waals surface area (Å²) < 4.78 is 0. The second kappa shape index (κ2) is 5.16. The van der Waals surface area contributed by atoms with E-state index >= 15 is 0 Å². The largest absolute Gasteiger partial charge is 0.381 e. The molecule has 1 aromatic heterocycles. The molecule has 3 heteroatoms. The minimum Gasteiger partial charge on any atom is -0.381 e. The molecule has 0 aliphatic rings. The minimum absolute atomic E-state index is 0.827. The van der Waals surface area contributed by atoms with Gasteiger partial charge in [-0.15, -0.1) is 0 Å². The van der Waals surface area contributed by atoms with E-state index in [2.05, 4.69) is 27.8 Å².